The van der Waals surface area contributed by atoms with Crippen molar-refractivity contribution >= 4 is 34.2 Å². The van der Waals surface area contributed by atoms with Crippen LogP contribution in [0.5, 0.6) is 5.75 Å². The molecule has 4 atom stereocenters. The zero-order chi connectivity index (χ0) is 31.7. The molecule has 3 aliphatic rings. The Labute approximate surface area is 266 Å². The van der Waals surface area contributed by atoms with Crippen LogP contribution in [0.3, 0.4) is 0 Å². The first-order valence-electron chi connectivity index (χ1n) is 16.7. The minimum absolute atomic E-state index is 0.0471. The number of aliphatic hydroxyl groups excluding tert-OH is 2. The number of nitrogens with zero attached hydrogens (tertiary/aromatic N) is 1. The van der Waals surface area contributed by atoms with Crippen LogP contribution >= 0.6 is 0 Å². The number of carbonyl (C=O) groups is 2. The van der Waals surface area contributed by atoms with E-state index in [1.807, 2.05) is 48.5 Å². The zero-order valence-corrected chi connectivity index (χ0v) is 26.4. The third-order valence-corrected chi connectivity index (χ3v) is 10.4. The fourth-order valence-electron chi connectivity index (χ4n) is 8.19. The van der Waals surface area contributed by atoms with E-state index in [0.717, 1.165) is 70.7 Å². The summed E-state index contributed by atoms with van der Waals surface area (Å²) in [6.45, 7) is 3.87. The number of aromatic hydroxyl groups is 1. The average Bonchev–Trinajstić information content (AvgIpc) is 3.32. The summed E-state index contributed by atoms with van der Waals surface area (Å²) in [5, 5.41) is 34.9. The van der Waals surface area contributed by atoms with Crippen LogP contribution in [0, 0.1) is 23.7 Å². The van der Waals surface area contributed by atoms with Crippen LogP contribution in [0.2, 0.25) is 0 Å². The third-order valence-electron chi connectivity index (χ3n) is 10.4. The first kappa shape index (κ1) is 31.3. The van der Waals surface area contributed by atoms with E-state index in [1.54, 1.807) is 11.0 Å². The highest BCUT2D eigenvalue weighted by Gasteiger charge is 2.56. The molecule has 3 N–H and O–H groups in total. The van der Waals surface area contributed by atoms with Gasteiger partial charge in [-0.3, -0.25) is 14.5 Å². The molecule has 1 heterocycles. The number of likely N-dealkylation sites (tertiary alicyclic amines) is 1. The van der Waals surface area contributed by atoms with Crippen molar-refractivity contribution in [1.29, 1.82) is 0 Å². The van der Waals surface area contributed by atoms with E-state index in [9.17, 15) is 24.9 Å². The number of phenols is 1. The molecule has 6 nitrogen and oxygen atoms in total. The normalized spacial score (nSPS) is 23.7. The molecule has 3 aromatic carbocycles. The van der Waals surface area contributed by atoms with Gasteiger partial charge in [0.15, 0.2) is 0 Å². The largest absolute Gasteiger partial charge is 0.507 e. The maximum Gasteiger partial charge on any atom is 0.234 e. The summed E-state index contributed by atoms with van der Waals surface area (Å²) in [7, 11) is 0. The quantitative estimate of drug-likeness (QED) is 0.137. The molecule has 2 amide bonds. The van der Waals surface area contributed by atoms with E-state index >= 15 is 0 Å². The lowest BCUT2D eigenvalue weighted by molar-refractivity contribution is -0.143. The summed E-state index contributed by atoms with van der Waals surface area (Å²) in [5.41, 5.74) is 4.82. The van der Waals surface area contributed by atoms with Gasteiger partial charge in [0, 0.05) is 17.3 Å². The molecule has 1 saturated carbocycles. The Morgan fingerprint density at radius 1 is 0.911 bits per heavy atom. The maximum atomic E-state index is 13.9. The standard InChI is InChI=1S/C39H45NO5/c1-24(2)31-22-32-37(39(45)40(38(32)44)28-13-7-4-8-14-28)33(23-41)36(31)35(43)20-17-26(25-11-5-3-6-12-25)21-27-18-19-34(42)30-16-10-9-15-29(27)30/h3,5-6,9-12,15-16,18-19,21,24,28,32-33,35,37,41-43H,4,7-8,13-14,17,20,22-23H2,1-2H3/b26-21-/t32-,33+,35-,37-/m1/s1. The van der Waals surface area contributed by atoms with Crippen molar-refractivity contribution in [2.45, 2.75) is 77.4 Å². The molecule has 0 bridgehead atoms. The van der Waals surface area contributed by atoms with Crippen LogP contribution in [0.1, 0.15) is 76.3 Å². The molecule has 0 unspecified atom stereocenters. The predicted molar refractivity (Wildman–Crippen MR) is 178 cm³/mol. The molecule has 2 fully saturated rings. The van der Waals surface area contributed by atoms with Gasteiger partial charge in [-0.15, -0.1) is 0 Å². The van der Waals surface area contributed by atoms with E-state index in [1.165, 1.54) is 0 Å². The monoisotopic (exact) mass is 607 g/mol. The summed E-state index contributed by atoms with van der Waals surface area (Å²) in [6, 6.07) is 21.5. The highest BCUT2D eigenvalue weighted by Crippen LogP contribution is 2.49. The average molecular weight is 608 g/mol. The molecule has 0 radical (unpaired) electrons. The Morgan fingerprint density at radius 2 is 1.60 bits per heavy atom. The summed E-state index contributed by atoms with van der Waals surface area (Å²) < 4.78 is 0. The van der Waals surface area contributed by atoms with Crippen LogP contribution < -0.4 is 0 Å². The molecular formula is C39H45NO5. The summed E-state index contributed by atoms with van der Waals surface area (Å²) >= 11 is 0. The number of hydrogen-bond acceptors (Lipinski definition) is 5. The fraction of sp³-hybridized carbons (Fsp3) is 0.436. The SMILES string of the molecule is CC(C)C1=C([C@H](O)CC/C(=C/c2ccc(O)c3ccccc23)c2ccccc2)[C@H](CO)[C@@H]2C(=O)N(C3CCCCC3)C(=O)[C@@H]2C1. The number of allylic oxidation sites excluding steroid dienone is 2. The van der Waals surface area contributed by atoms with Crippen molar-refractivity contribution in [3.05, 3.63) is 89.0 Å². The van der Waals surface area contributed by atoms with Crippen LogP contribution in [0.4, 0.5) is 0 Å². The summed E-state index contributed by atoms with van der Waals surface area (Å²) in [4.78, 5) is 29.2. The summed E-state index contributed by atoms with van der Waals surface area (Å²) in [5.74, 6) is -1.60. The van der Waals surface area contributed by atoms with Gasteiger partial charge in [-0.05, 0) is 71.7 Å². The second kappa shape index (κ2) is 13.3. The smallest absolute Gasteiger partial charge is 0.234 e. The van der Waals surface area contributed by atoms with Crippen molar-refractivity contribution in [2.75, 3.05) is 6.61 Å². The van der Waals surface area contributed by atoms with Gasteiger partial charge in [0.25, 0.3) is 0 Å². The Hall–Kier alpha value is -3.74. The first-order chi connectivity index (χ1) is 21.8. The van der Waals surface area contributed by atoms with Crippen molar-refractivity contribution in [2.24, 2.45) is 23.7 Å². The van der Waals surface area contributed by atoms with Crippen molar-refractivity contribution in [1.82, 2.24) is 4.90 Å². The number of fused-ring (bicyclic) bond motifs is 2. The number of benzene rings is 3. The van der Waals surface area contributed by atoms with Gasteiger partial charge >= 0.3 is 0 Å². The lowest BCUT2D eigenvalue weighted by atomic mass is 9.66. The molecule has 1 aliphatic heterocycles. The van der Waals surface area contributed by atoms with Crippen LogP contribution in [0.25, 0.3) is 22.4 Å². The number of amides is 2. The second-order valence-corrected chi connectivity index (χ2v) is 13.4. The van der Waals surface area contributed by atoms with E-state index in [2.05, 4.69) is 32.1 Å². The number of carbonyl (C=O) groups excluding carboxylic acids is 2. The summed E-state index contributed by atoms with van der Waals surface area (Å²) in [6.07, 6.45) is 7.58. The molecule has 0 spiro atoms. The Balaban J connectivity index is 1.31. The predicted octanol–water partition coefficient (Wildman–Crippen LogP) is 7.13. The number of phenolic OH excluding ortho intramolecular Hbond substituents is 1. The van der Waals surface area contributed by atoms with E-state index in [-0.39, 0.29) is 36.1 Å². The molecule has 3 aromatic rings. The number of hydrogen-bond donors (Lipinski definition) is 3. The molecule has 0 aromatic heterocycles. The van der Waals surface area contributed by atoms with Crippen molar-refractivity contribution in [3.63, 3.8) is 0 Å². The van der Waals surface area contributed by atoms with Crippen LogP contribution in [-0.2, 0) is 9.59 Å². The Morgan fingerprint density at radius 3 is 2.29 bits per heavy atom. The fourth-order valence-corrected chi connectivity index (χ4v) is 8.19. The number of imide groups is 1. The highest BCUT2D eigenvalue weighted by atomic mass is 16.3. The van der Waals surface area contributed by atoms with Gasteiger partial charge < -0.3 is 15.3 Å². The zero-order valence-electron chi connectivity index (χ0n) is 26.4. The van der Waals surface area contributed by atoms with Gasteiger partial charge in [-0.25, -0.2) is 0 Å². The van der Waals surface area contributed by atoms with Crippen LogP contribution in [0.15, 0.2) is 77.9 Å². The van der Waals surface area contributed by atoms with E-state index < -0.39 is 23.9 Å². The Kier molecular flexibility index (Phi) is 9.25. The van der Waals surface area contributed by atoms with Gasteiger partial charge in [0.05, 0.1) is 24.5 Å². The van der Waals surface area contributed by atoms with Crippen molar-refractivity contribution in [3.8, 4) is 5.75 Å². The molecule has 6 heteroatoms. The van der Waals surface area contributed by atoms with Crippen molar-refractivity contribution < 1.29 is 24.9 Å². The van der Waals surface area contributed by atoms with E-state index in [4.69, 9.17) is 0 Å². The lowest BCUT2D eigenvalue weighted by Gasteiger charge is -2.38. The first-order valence-corrected chi connectivity index (χ1v) is 16.7. The van der Waals surface area contributed by atoms with E-state index in [0.29, 0.717) is 19.3 Å². The topological polar surface area (TPSA) is 98.1 Å². The maximum absolute atomic E-state index is 13.9. The number of aliphatic hydroxyl groups is 2. The minimum atomic E-state index is -0.865. The van der Waals surface area contributed by atoms with Gasteiger partial charge in [0.2, 0.25) is 11.8 Å². The molecule has 1 saturated heterocycles. The van der Waals surface area contributed by atoms with Gasteiger partial charge in [-0.2, -0.15) is 0 Å². The van der Waals surface area contributed by atoms with Gasteiger partial charge in [0.1, 0.15) is 5.75 Å². The third kappa shape index (κ3) is 5.98. The molecular weight excluding hydrogens is 562 g/mol. The lowest BCUT2D eigenvalue weighted by Crippen LogP contribution is -2.42. The Bertz CT molecular complexity index is 1620. The minimum Gasteiger partial charge on any atom is -0.507 e. The molecule has 6 rings (SSSR count). The number of rotatable bonds is 9. The van der Waals surface area contributed by atoms with Gasteiger partial charge in [-0.1, -0.05) is 105 Å². The highest BCUT2D eigenvalue weighted by molar-refractivity contribution is 6.06. The molecule has 236 valence electrons. The van der Waals surface area contributed by atoms with Crippen LogP contribution in [-0.4, -0.2) is 50.8 Å². The molecule has 45 heavy (non-hydrogen) atoms. The second-order valence-electron chi connectivity index (χ2n) is 13.4. The molecule has 2 aliphatic carbocycles.